The van der Waals surface area contributed by atoms with Gasteiger partial charge >= 0.3 is 0 Å². The zero-order valence-corrected chi connectivity index (χ0v) is 12.7. The second-order valence-corrected chi connectivity index (χ2v) is 6.26. The van der Waals surface area contributed by atoms with Gasteiger partial charge in [0.05, 0.1) is 0 Å². The molecule has 0 bridgehead atoms. The lowest BCUT2D eigenvalue weighted by Crippen LogP contribution is -2.39. The highest BCUT2D eigenvalue weighted by atomic mass is 19.1. The van der Waals surface area contributed by atoms with E-state index in [1.165, 1.54) is 38.2 Å². The van der Waals surface area contributed by atoms with E-state index in [0.717, 1.165) is 6.54 Å². The van der Waals surface area contributed by atoms with E-state index in [2.05, 4.69) is 18.9 Å². The fourth-order valence-electron chi connectivity index (χ4n) is 3.29. The molecule has 1 saturated carbocycles. The van der Waals surface area contributed by atoms with Gasteiger partial charge in [-0.25, -0.2) is 4.39 Å². The minimum absolute atomic E-state index is 0.188. The molecule has 20 heavy (non-hydrogen) atoms. The van der Waals surface area contributed by atoms with E-state index in [0.29, 0.717) is 11.6 Å². The fourth-order valence-corrected chi connectivity index (χ4v) is 3.29. The first kappa shape index (κ1) is 15.5. The van der Waals surface area contributed by atoms with Gasteiger partial charge in [0.15, 0.2) is 0 Å². The summed E-state index contributed by atoms with van der Waals surface area (Å²) in [5, 5.41) is 0. The van der Waals surface area contributed by atoms with Crippen molar-refractivity contribution in [2.75, 3.05) is 13.6 Å². The van der Waals surface area contributed by atoms with E-state index in [1.54, 1.807) is 12.1 Å². The van der Waals surface area contributed by atoms with Crippen molar-refractivity contribution in [2.24, 2.45) is 11.7 Å². The molecular formula is C17H27FN2. The van der Waals surface area contributed by atoms with Crippen molar-refractivity contribution in [1.82, 2.24) is 4.90 Å². The maximum absolute atomic E-state index is 13.8. The predicted molar refractivity (Wildman–Crippen MR) is 82.0 cm³/mol. The molecule has 0 spiro atoms. The molecule has 3 heteroatoms. The summed E-state index contributed by atoms with van der Waals surface area (Å²) in [5.74, 6) is 0.0611. The van der Waals surface area contributed by atoms with E-state index in [4.69, 9.17) is 5.73 Å². The van der Waals surface area contributed by atoms with Crippen LogP contribution in [0.2, 0.25) is 0 Å². The minimum Gasteiger partial charge on any atom is -0.324 e. The number of rotatable bonds is 5. The van der Waals surface area contributed by atoms with Crippen molar-refractivity contribution < 1.29 is 4.39 Å². The molecule has 1 aliphatic carbocycles. The summed E-state index contributed by atoms with van der Waals surface area (Å²) in [4.78, 5) is 2.42. The molecule has 0 aromatic heterocycles. The average molecular weight is 278 g/mol. The molecule has 0 heterocycles. The van der Waals surface area contributed by atoms with Crippen molar-refractivity contribution in [3.63, 3.8) is 0 Å². The van der Waals surface area contributed by atoms with Gasteiger partial charge < -0.3 is 10.6 Å². The lowest BCUT2D eigenvalue weighted by atomic mass is 9.91. The number of hydrogen-bond donors (Lipinski definition) is 1. The summed E-state index contributed by atoms with van der Waals surface area (Å²) in [5.41, 5.74) is 6.89. The van der Waals surface area contributed by atoms with Gasteiger partial charge in [0.25, 0.3) is 0 Å². The van der Waals surface area contributed by atoms with Crippen LogP contribution in [0, 0.1) is 11.7 Å². The first-order chi connectivity index (χ1) is 9.59. The quantitative estimate of drug-likeness (QED) is 0.889. The highest BCUT2D eigenvalue weighted by molar-refractivity contribution is 5.21. The van der Waals surface area contributed by atoms with Crippen molar-refractivity contribution in [3.8, 4) is 0 Å². The number of hydrogen-bond acceptors (Lipinski definition) is 2. The van der Waals surface area contributed by atoms with Crippen LogP contribution in [0.4, 0.5) is 4.39 Å². The standard InChI is InChI=1S/C17H27FN2/c1-13(12-20(2)14-8-4-3-5-9-14)17(19)15-10-6-7-11-16(15)18/h6-7,10-11,13-14,17H,3-5,8-9,12,19H2,1-2H3. The van der Waals surface area contributed by atoms with Gasteiger partial charge in [-0.2, -0.15) is 0 Å². The first-order valence-electron chi connectivity index (χ1n) is 7.80. The lowest BCUT2D eigenvalue weighted by Gasteiger charge is -2.34. The van der Waals surface area contributed by atoms with Gasteiger partial charge in [0, 0.05) is 24.2 Å². The Labute approximate surface area is 122 Å². The Hall–Kier alpha value is -0.930. The molecule has 1 fully saturated rings. The van der Waals surface area contributed by atoms with Crippen molar-refractivity contribution in [3.05, 3.63) is 35.6 Å². The number of benzene rings is 1. The largest absolute Gasteiger partial charge is 0.324 e. The van der Waals surface area contributed by atoms with Crippen molar-refractivity contribution >= 4 is 0 Å². The Kier molecular flexibility index (Phi) is 5.55. The van der Waals surface area contributed by atoms with E-state index >= 15 is 0 Å². The molecule has 0 saturated heterocycles. The van der Waals surface area contributed by atoms with Crippen LogP contribution >= 0.6 is 0 Å². The molecule has 1 aromatic carbocycles. The third kappa shape index (κ3) is 3.80. The van der Waals surface area contributed by atoms with E-state index < -0.39 is 0 Å². The Morgan fingerprint density at radius 1 is 1.25 bits per heavy atom. The summed E-state index contributed by atoms with van der Waals surface area (Å²) in [7, 11) is 2.18. The van der Waals surface area contributed by atoms with Gasteiger partial charge in [-0.1, -0.05) is 44.4 Å². The molecule has 2 rings (SSSR count). The van der Waals surface area contributed by atoms with Gasteiger partial charge in [0.2, 0.25) is 0 Å². The van der Waals surface area contributed by atoms with Gasteiger partial charge in [-0.15, -0.1) is 0 Å². The molecule has 2 atom stereocenters. The zero-order chi connectivity index (χ0) is 14.5. The van der Waals surface area contributed by atoms with Crippen LogP contribution in [0.1, 0.15) is 50.6 Å². The summed E-state index contributed by atoms with van der Waals surface area (Å²) in [6, 6.07) is 7.31. The van der Waals surface area contributed by atoms with Crippen molar-refractivity contribution in [2.45, 2.75) is 51.1 Å². The summed E-state index contributed by atoms with van der Waals surface area (Å²) < 4.78 is 13.8. The Morgan fingerprint density at radius 3 is 2.55 bits per heavy atom. The third-order valence-corrected chi connectivity index (χ3v) is 4.65. The molecule has 1 aliphatic rings. The predicted octanol–water partition coefficient (Wildman–Crippen LogP) is 3.73. The van der Waals surface area contributed by atoms with E-state index in [-0.39, 0.29) is 17.8 Å². The molecule has 0 radical (unpaired) electrons. The highest BCUT2D eigenvalue weighted by Gasteiger charge is 2.23. The SMILES string of the molecule is CC(CN(C)C1CCCCC1)C(N)c1ccccc1F. The number of nitrogens with two attached hydrogens (primary N) is 1. The molecule has 0 amide bonds. The summed E-state index contributed by atoms with van der Waals surface area (Å²) in [6.45, 7) is 3.05. The molecule has 2 N–H and O–H groups in total. The first-order valence-corrected chi connectivity index (χ1v) is 7.80. The average Bonchev–Trinajstić information content (AvgIpc) is 2.48. The smallest absolute Gasteiger partial charge is 0.127 e. The topological polar surface area (TPSA) is 29.3 Å². The fraction of sp³-hybridized carbons (Fsp3) is 0.647. The molecule has 112 valence electrons. The minimum atomic E-state index is -0.234. The second-order valence-electron chi connectivity index (χ2n) is 6.26. The second kappa shape index (κ2) is 7.19. The normalized spacial score (nSPS) is 20.1. The Morgan fingerprint density at radius 2 is 1.90 bits per heavy atom. The van der Waals surface area contributed by atoms with Crippen molar-refractivity contribution in [1.29, 1.82) is 0 Å². The maximum Gasteiger partial charge on any atom is 0.127 e. The van der Waals surface area contributed by atoms with Crippen LogP contribution < -0.4 is 5.73 Å². The van der Waals surface area contributed by atoms with Crippen LogP contribution in [-0.2, 0) is 0 Å². The van der Waals surface area contributed by atoms with Gasteiger partial charge in [-0.3, -0.25) is 0 Å². The lowest BCUT2D eigenvalue weighted by molar-refractivity contribution is 0.161. The molecule has 2 unspecified atom stereocenters. The Balaban J connectivity index is 1.93. The number of halogens is 1. The van der Waals surface area contributed by atoms with Gasteiger partial charge in [-0.05, 0) is 31.9 Å². The molecular weight excluding hydrogens is 251 g/mol. The summed E-state index contributed by atoms with van der Waals surface area (Å²) >= 11 is 0. The van der Waals surface area contributed by atoms with Crippen LogP contribution in [0.25, 0.3) is 0 Å². The van der Waals surface area contributed by atoms with Gasteiger partial charge in [0.1, 0.15) is 5.82 Å². The maximum atomic E-state index is 13.8. The monoisotopic (exact) mass is 278 g/mol. The van der Waals surface area contributed by atoms with Crippen LogP contribution in [0.5, 0.6) is 0 Å². The molecule has 0 aliphatic heterocycles. The van der Waals surface area contributed by atoms with Crippen LogP contribution in [0.3, 0.4) is 0 Å². The zero-order valence-electron chi connectivity index (χ0n) is 12.7. The molecule has 2 nitrogen and oxygen atoms in total. The van der Waals surface area contributed by atoms with Crippen LogP contribution in [0.15, 0.2) is 24.3 Å². The summed E-state index contributed by atoms with van der Waals surface area (Å²) in [6.07, 6.45) is 6.62. The van der Waals surface area contributed by atoms with E-state index in [9.17, 15) is 4.39 Å². The third-order valence-electron chi connectivity index (χ3n) is 4.65. The highest BCUT2D eigenvalue weighted by Crippen LogP contribution is 2.26. The van der Waals surface area contributed by atoms with E-state index in [1.807, 2.05) is 6.07 Å². The number of nitrogens with zero attached hydrogens (tertiary/aromatic N) is 1. The molecule has 1 aromatic rings. The Bertz CT molecular complexity index is 415. The van der Waals surface area contributed by atoms with Crippen LogP contribution in [-0.4, -0.2) is 24.5 Å².